The second kappa shape index (κ2) is 8.59. The molecule has 1 N–H and O–H groups in total. The first kappa shape index (κ1) is 20.6. The second-order valence-electron chi connectivity index (χ2n) is 8.08. The van der Waals surface area contributed by atoms with E-state index in [4.69, 9.17) is 0 Å². The molecule has 31 heavy (non-hydrogen) atoms. The van der Waals surface area contributed by atoms with Crippen LogP contribution in [0.3, 0.4) is 0 Å². The molecule has 3 aromatic rings. The van der Waals surface area contributed by atoms with Crippen molar-refractivity contribution in [3.63, 3.8) is 0 Å². The van der Waals surface area contributed by atoms with Crippen LogP contribution in [0, 0.1) is 12.8 Å². The van der Waals surface area contributed by atoms with E-state index in [1.165, 1.54) is 0 Å². The van der Waals surface area contributed by atoms with Gasteiger partial charge in [-0.05, 0) is 48.7 Å². The minimum Gasteiger partial charge on any atom is -0.325 e. The highest BCUT2D eigenvalue weighted by Crippen LogP contribution is 2.27. The van der Waals surface area contributed by atoms with Gasteiger partial charge in [0, 0.05) is 24.6 Å². The van der Waals surface area contributed by atoms with Crippen molar-refractivity contribution in [2.24, 2.45) is 5.92 Å². The lowest BCUT2D eigenvalue weighted by molar-refractivity contribution is -0.117. The van der Waals surface area contributed by atoms with E-state index in [9.17, 15) is 9.59 Å². The van der Waals surface area contributed by atoms with Gasteiger partial charge in [-0.3, -0.25) is 9.69 Å². The van der Waals surface area contributed by atoms with Crippen LogP contribution in [-0.2, 0) is 4.79 Å². The maximum Gasteiger partial charge on any atom is 0.325 e. The van der Waals surface area contributed by atoms with Crippen LogP contribution in [0.1, 0.15) is 19.4 Å². The molecule has 1 aliphatic heterocycles. The van der Waals surface area contributed by atoms with Crippen LogP contribution in [0.15, 0.2) is 61.1 Å². The van der Waals surface area contributed by atoms with E-state index in [2.05, 4.69) is 29.2 Å². The molecule has 1 aliphatic rings. The number of anilines is 2. The van der Waals surface area contributed by atoms with Crippen LogP contribution in [0.5, 0.6) is 0 Å². The van der Waals surface area contributed by atoms with Crippen molar-refractivity contribution in [3.8, 4) is 5.82 Å². The molecule has 8 heteroatoms. The van der Waals surface area contributed by atoms with Gasteiger partial charge in [-0.15, -0.1) is 0 Å². The number of urea groups is 1. The van der Waals surface area contributed by atoms with Crippen molar-refractivity contribution in [2.75, 3.05) is 23.3 Å². The summed E-state index contributed by atoms with van der Waals surface area (Å²) in [4.78, 5) is 33.6. The van der Waals surface area contributed by atoms with Crippen LogP contribution in [-0.4, -0.2) is 50.7 Å². The van der Waals surface area contributed by atoms with Crippen LogP contribution in [0.4, 0.5) is 16.2 Å². The van der Waals surface area contributed by atoms with E-state index >= 15 is 0 Å². The van der Waals surface area contributed by atoms with Crippen LogP contribution in [0.2, 0.25) is 0 Å². The normalized spacial score (nSPS) is 16.3. The lowest BCUT2D eigenvalue weighted by Gasteiger charge is -2.25. The highest BCUT2D eigenvalue weighted by Gasteiger charge is 2.40. The molecular formula is C23H26N6O2. The fourth-order valence-corrected chi connectivity index (χ4v) is 3.79. The molecule has 4 rings (SSSR count). The fraction of sp³-hybridized carbons (Fsp3) is 0.304. The lowest BCUT2D eigenvalue weighted by Crippen LogP contribution is -2.42. The summed E-state index contributed by atoms with van der Waals surface area (Å²) in [7, 11) is 0. The number of aromatic nitrogens is 3. The van der Waals surface area contributed by atoms with Gasteiger partial charge in [0.05, 0.1) is 17.9 Å². The van der Waals surface area contributed by atoms with Crippen LogP contribution < -0.4 is 10.2 Å². The molecule has 8 nitrogen and oxygen atoms in total. The molecular weight excluding hydrogens is 392 g/mol. The minimum atomic E-state index is -0.210. The number of rotatable bonds is 6. The van der Waals surface area contributed by atoms with Gasteiger partial charge in [0.15, 0.2) is 5.82 Å². The van der Waals surface area contributed by atoms with Crippen molar-refractivity contribution in [2.45, 2.75) is 26.8 Å². The number of nitrogens with zero attached hydrogens (tertiary/aromatic N) is 5. The highest BCUT2D eigenvalue weighted by atomic mass is 16.2. The van der Waals surface area contributed by atoms with Crippen molar-refractivity contribution in [3.05, 3.63) is 66.6 Å². The molecule has 1 atom stereocenters. The molecule has 1 saturated heterocycles. The average molecular weight is 419 g/mol. The summed E-state index contributed by atoms with van der Waals surface area (Å²) in [5, 5.41) is 7.06. The smallest absolute Gasteiger partial charge is 0.325 e. The van der Waals surface area contributed by atoms with E-state index in [0.717, 1.165) is 11.3 Å². The first-order valence-corrected chi connectivity index (χ1v) is 10.3. The van der Waals surface area contributed by atoms with Gasteiger partial charge < -0.3 is 10.2 Å². The van der Waals surface area contributed by atoms with Crippen molar-refractivity contribution >= 4 is 23.3 Å². The first-order valence-electron chi connectivity index (χ1n) is 10.3. The Hall–Kier alpha value is -3.68. The quantitative estimate of drug-likeness (QED) is 0.664. The number of hydrogen-bond acceptors (Lipinski definition) is 4. The van der Waals surface area contributed by atoms with Gasteiger partial charge in [0.1, 0.15) is 6.54 Å². The van der Waals surface area contributed by atoms with Gasteiger partial charge in [0.2, 0.25) is 5.91 Å². The standard InChI is InChI=1S/C23H26N6O2/c1-16(2)20-14-27(19-8-9-21(24-13-19)29-11-5-10-25-29)23(31)28(20)15-22(30)26-18-7-4-6-17(3)12-18/h4-13,16,20H,14-15H2,1-3H3,(H,26,30)/t20-/m1/s1. The predicted octanol–water partition coefficient (Wildman–Crippen LogP) is 3.48. The zero-order chi connectivity index (χ0) is 22.0. The largest absolute Gasteiger partial charge is 0.325 e. The topological polar surface area (TPSA) is 83.4 Å². The first-order chi connectivity index (χ1) is 14.9. The van der Waals surface area contributed by atoms with Crippen LogP contribution in [0.25, 0.3) is 5.82 Å². The predicted molar refractivity (Wildman–Crippen MR) is 119 cm³/mol. The highest BCUT2D eigenvalue weighted by molar-refractivity contribution is 5.99. The molecule has 0 unspecified atom stereocenters. The van der Waals surface area contributed by atoms with Gasteiger partial charge in [-0.1, -0.05) is 26.0 Å². The SMILES string of the molecule is Cc1cccc(NC(=O)CN2C(=O)N(c3ccc(-n4cccn4)nc3)C[C@@H]2C(C)C)c1. The summed E-state index contributed by atoms with van der Waals surface area (Å²) < 4.78 is 1.66. The van der Waals surface area contributed by atoms with Gasteiger partial charge in [-0.2, -0.15) is 5.10 Å². The van der Waals surface area contributed by atoms with E-state index in [1.54, 1.807) is 26.9 Å². The third kappa shape index (κ3) is 4.42. The number of carbonyl (C=O) groups is 2. The molecule has 0 aliphatic carbocycles. The molecule has 2 aromatic heterocycles. The summed E-state index contributed by atoms with van der Waals surface area (Å²) in [5.41, 5.74) is 2.49. The summed E-state index contributed by atoms with van der Waals surface area (Å²) in [5.74, 6) is 0.672. The van der Waals surface area contributed by atoms with Gasteiger partial charge in [-0.25, -0.2) is 14.5 Å². The summed E-state index contributed by atoms with van der Waals surface area (Å²) in [6, 6.07) is 12.9. The molecule has 3 amide bonds. The number of benzene rings is 1. The zero-order valence-electron chi connectivity index (χ0n) is 17.9. The van der Waals surface area contributed by atoms with Gasteiger partial charge in [0.25, 0.3) is 0 Å². The zero-order valence-corrected chi connectivity index (χ0v) is 17.9. The Kier molecular flexibility index (Phi) is 5.70. The van der Waals surface area contributed by atoms with Crippen molar-refractivity contribution < 1.29 is 9.59 Å². The Bertz CT molecular complexity index is 1060. The summed E-state index contributed by atoms with van der Waals surface area (Å²) in [6.07, 6.45) is 5.17. The third-order valence-electron chi connectivity index (χ3n) is 5.41. The van der Waals surface area contributed by atoms with E-state index in [0.29, 0.717) is 18.1 Å². The maximum absolute atomic E-state index is 13.2. The Morgan fingerprint density at radius 2 is 2.06 bits per heavy atom. The Balaban J connectivity index is 1.49. The monoisotopic (exact) mass is 418 g/mol. The third-order valence-corrected chi connectivity index (χ3v) is 5.41. The number of aryl methyl sites for hydroxylation is 1. The number of carbonyl (C=O) groups excluding carboxylic acids is 2. The van der Waals surface area contributed by atoms with Gasteiger partial charge >= 0.3 is 6.03 Å². The lowest BCUT2D eigenvalue weighted by atomic mass is 10.0. The molecule has 0 bridgehead atoms. The molecule has 0 radical (unpaired) electrons. The molecule has 1 aromatic carbocycles. The number of nitrogens with one attached hydrogen (secondary N) is 1. The van der Waals surface area contributed by atoms with E-state index in [-0.39, 0.29) is 30.4 Å². The molecule has 1 fully saturated rings. The number of amides is 3. The molecule has 3 heterocycles. The van der Waals surface area contributed by atoms with Crippen molar-refractivity contribution in [1.29, 1.82) is 0 Å². The Morgan fingerprint density at radius 3 is 2.71 bits per heavy atom. The van der Waals surface area contributed by atoms with E-state index in [1.807, 2.05) is 55.6 Å². The second-order valence-corrected chi connectivity index (χ2v) is 8.08. The maximum atomic E-state index is 13.2. The molecule has 0 saturated carbocycles. The number of hydrogen-bond donors (Lipinski definition) is 1. The summed E-state index contributed by atoms with van der Waals surface area (Å²) in [6.45, 7) is 6.61. The minimum absolute atomic E-state index is 0.00488. The van der Waals surface area contributed by atoms with Crippen LogP contribution >= 0.6 is 0 Å². The average Bonchev–Trinajstić information content (AvgIpc) is 3.37. The molecule has 160 valence electrons. The molecule has 0 spiro atoms. The summed E-state index contributed by atoms with van der Waals surface area (Å²) >= 11 is 0. The number of pyridine rings is 1. The fourth-order valence-electron chi connectivity index (χ4n) is 3.79. The van der Waals surface area contributed by atoms with Crippen molar-refractivity contribution in [1.82, 2.24) is 19.7 Å². The Labute approximate surface area is 181 Å². The van der Waals surface area contributed by atoms with E-state index < -0.39 is 0 Å². The Morgan fingerprint density at radius 1 is 1.23 bits per heavy atom.